The third kappa shape index (κ3) is 5.65. The van der Waals surface area contributed by atoms with Crippen molar-refractivity contribution in [3.05, 3.63) is 194 Å². The van der Waals surface area contributed by atoms with Crippen LogP contribution in [0.4, 0.5) is 0 Å². The van der Waals surface area contributed by atoms with Crippen LogP contribution in [-0.2, 0) is 0 Å². The van der Waals surface area contributed by atoms with E-state index < -0.39 is 0 Å². The van der Waals surface area contributed by atoms with Gasteiger partial charge < -0.3 is 4.42 Å². The monoisotopic (exact) mass is 676 g/mol. The van der Waals surface area contributed by atoms with Gasteiger partial charge in [0, 0.05) is 27.5 Å². The van der Waals surface area contributed by atoms with E-state index in [-0.39, 0.29) is 0 Å². The minimum absolute atomic E-state index is 0.695. The standard InChI is InChI=1S/C50H32N2O/c1-3-14-33(15-4-1)40-20-9-10-22-42(40)38-28-37(36-26-27-49-45(31-36)43-23-11-12-25-48(43)53-49)29-39(30-38)47-32-46(35-17-5-2-6-18-35)51-50(52-47)44-24-13-19-34-16-7-8-21-41(34)44/h1-32H. The largest absolute Gasteiger partial charge is 0.456 e. The average molecular weight is 677 g/mol. The summed E-state index contributed by atoms with van der Waals surface area (Å²) in [5, 5.41) is 4.49. The molecule has 0 atom stereocenters. The third-order valence-electron chi connectivity index (χ3n) is 10.1. The van der Waals surface area contributed by atoms with Crippen LogP contribution in [0.3, 0.4) is 0 Å². The van der Waals surface area contributed by atoms with Crippen LogP contribution < -0.4 is 0 Å². The predicted molar refractivity (Wildman–Crippen MR) is 219 cm³/mol. The Morgan fingerprint density at radius 1 is 0.302 bits per heavy atom. The van der Waals surface area contributed by atoms with E-state index in [9.17, 15) is 0 Å². The third-order valence-corrected chi connectivity index (χ3v) is 10.1. The van der Waals surface area contributed by atoms with Gasteiger partial charge in [-0.2, -0.15) is 0 Å². The average Bonchev–Trinajstić information content (AvgIpc) is 3.62. The Morgan fingerprint density at radius 2 is 0.868 bits per heavy atom. The zero-order valence-corrected chi connectivity index (χ0v) is 28.8. The van der Waals surface area contributed by atoms with Gasteiger partial charge >= 0.3 is 0 Å². The van der Waals surface area contributed by atoms with E-state index in [0.29, 0.717) is 5.82 Å². The lowest BCUT2D eigenvalue weighted by molar-refractivity contribution is 0.669. The van der Waals surface area contributed by atoms with E-state index in [2.05, 4.69) is 176 Å². The topological polar surface area (TPSA) is 38.9 Å². The molecular formula is C50H32N2O. The Labute approximate surface area is 307 Å². The van der Waals surface area contributed by atoms with Crippen LogP contribution in [0.5, 0.6) is 0 Å². The lowest BCUT2D eigenvalue weighted by atomic mass is 9.90. The highest BCUT2D eigenvalue weighted by atomic mass is 16.3. The maximum absolute atomic E-state index is 6.22. The summed E-state index contributed by atoms with van der Waals surface area (Å²) in [4.78, 5) is 10.6. The summed E-state index contributed by atoms with van der Waals surface area (Å²) in [5.74, 6) is 0.695. The Morgan fingerprint density at radius 3 is 1.68 bits per heavy atom. The number of benzene rings is 8. The van der Waals surface area contributed by atoms with E-state index in [0.717, 1.165) is 83.0 Å². The van der Waals surface area contributed by atoms with Crippen LogP contribution in [0.1, 0.15) is 0 Å². The molecule has 0 saturated carbocycles. The van der Waals surface area contributed by atoms with Crippen molar-refractivity contribution in [2.24, 2.45) is 0 Å². The molecule has 0 amide bonds. The van der Waals surface area contributed by atoms with Crippen molar-refractivity contribution in [1.29, 1.82) is 0 Å². The number of rotatable bonds is 6. The second-order valence-corrected chi connectivity index (χ2v) is 13.4. The van der Waals surface area contributed by atoms with Crippen LogP contribution in [0.2, 0.25) is 0 Å². The van der Waals surface area contributed by atoms with Crippen molar-refractivity contribution in [3.8, 4) is 67.3 Å². The molecule has 10 aromatic rings. The van der Waals surface area contributed by atoms with Gasteiger partial charge in [-0.05, 0) is 86.6 Å². The highest BCUT2D eigenvalue weighted by Gasteiger charge is 2.17. The van der Waals surface area contributed by atoms with E-state index in [4.69, 9.17) is 14.4 Å². The van der Waals surface area contributed by atoms with Crippen molar-refractivity contribution in [3.63, 3.8) is 0 Å². The smallest absolute Gasteiger partial charge is 0.161 e. The summed E-state index contributed by atoms with van der Waals surface area (Å²) >= 11 is 0. The number of hydrogen-bond donors (Lipinski definition) is 0. The molecule has 0 aliphatic heterocycles. The summed E-state index contributed by atoms with van der Waals surface area (Å²) in [6.07, 6.45) is 0. The van der Waals surface area contributed by atoms with Crippen LogP contribution in [0.25, 0.3) is 100.0 Å². The Bertz CT molecular complexity index is 2940. The quantitative estimate of drug-likeness (QED) is 0.176. The minimum Gasteiger partial charge on any atom is -0.456 e. The molecule has 8 aromatic carbocycles. The zero-order chi connectivity index (χ0) is 35.1. The Kier molecular flexibility index (Phi) is 7.47. The molecule has 3 heteroatoms. The molecule has 0 aliphatic rings. The molecule has 0 spiro atoms. The van der Waals surface area contributed by atoms with Gasteiger partial charge in [-0.25, -0.2) is 9.97 Å². The zero-order valence-electron chi connectivity index (χ0n) is 28.8. The highest BCUT2D eigenvalue weighted by Crippen LogP contribution is 2.40. The van der Waals surface area contributed by atoms with E-state index in [1.165, 1.54) is 11.1 Å². The van der Waals surface area contributed by atoms with E-state index in [1.54, 1.807) is 0 Å². The van der Waals surface area contributed by atoms with Crippen LogP contribution >= 0.6 is 0 Å². The van der Waals surface area contributed by atoms with Crippen molar-refractivity contribution < 1.29 is 4.42 Å². The second kappa shape index (κ2) is 12.9. The fourth-order valence-corrected chi connectivity index (χ4v) is 7.50. The molecule has 3 nitrogen and oxygen atoms in total. The van der Waals surface area contributed by atoms with Gasteiger partial charge in [0.2, 0.25) is 0 Å². The first kappa shape index (κ1) is 30.7. The molecule has 0 N–H and O–H groups in total. The van der Waals surface area contributed by atoms with E-state index >= 15 is 0 Å². The summed E-state index contributed by atoms with van der Waals surface area (Å²) < 4.78 is 6.22. The van der Waals surface area contributed by atoms with Crippen LogP contribution in [0.15, 0.2) is 199 Å². The fourth-order valence-electron chi connectivity index (χ4n) is 7.50. The summed E-state index contributed by atoms with van der Waals surface area (Å²) in [6, 6.07) is 68.2. The molecule has 0 radical (unpaired) electrons. The summed E-state index contributed by atoms with van der Waals surface area (Å²) in [5.41, 5.74) is 13.4. The maximum atomic E-state index is 6.22. The number of furan rings is 1. The fraction of sp³-hybridized carbons (Fsp3) is 0. The number of para-hydroxylation sites is 1. The van der Waals surface area contributed by atoms with Crippen molar-refractivity contribution in [1.82, 2.24) is 9.97 Å². The van der Waals surface area contributed by atoms with Gasteiger partial charge in [0.1, 0.15) is 11.2 Å². The molecule has 10 rings (SSSR count). The molecule has 0 aliphatic carbocycles. The highest BCUT2D eigenvalue weighted by molar-refractivity contribution is 6.06. The van der Waals surface area contributed by atoms with Gasteiger partial charge in [-0.1, -0.05) is 152 Å². The molecule has 248 valence electrons. The van der Waals surface area contributed by atoms with Gasteiger partial charge in [0.05, 0.1) is 11.4 Å². The molecule has 53 heavy (non-hydrogen) atoms. The lowest BCUT2D eigenvalue weighted by Crippen LogP contribution is -1.97. The van der Waals surface area contributed by atoms with Crippen molar-refractivity contribution >= 4 is 32.7 Å². The maximum Gasteiger partial charge on any atom is 0.161 e. The molecule has 2 heterocycles. The van der Waals surface area contributed by atoms with Gasteiger partial charge in [-0.15, -0.1) is 0 Å². The number of hydrogen-bond acceptors (Lipinski definition) is 3. The number of nitrogens with zero attached hydrogens (tertiary/aromatic N) is 2. The van der Waals surface area contributed by atoms with Gasteiger partial charge in [0.15, 0.2) is 5.82 Å². The molecule has 0 saturated heterocycles. The van der Waals surface area contributed by atoms with Crippen molar-refractivity contribution in [2.75, 3.05) is 0 Å². The van der Waals surface area contributed by atoms with Crippen molar-refractivity contribution in [2.45, 2.75) is 0 Å². The second-order valence-electron chi connectivity index (χ2n) is 13.4. The van der Waals surface area contributed by atoms with E-state index in [1.807, 2.05) is 18.2 Å². The summed E-state index contributed by atoms with van der Waals surface area (Å²) in [6.45, 7) is 0. The first-order valence-corrected chi connectivity index (χ1v) is 17.9. The Hall–Kier alpha value is -7.10. The van der Waals surface area contributed by atoms with Crippen LogP contribution in [-0.4, -0.2) is 9.97 Å². The number of aromatic nitrogens is 2. The predicted octanol–water partition coefficient (Wildman–Crippen LogP) is 13.5. The normalized spacial score (nSPS) is 11.4. The first-order chi connectivity index (χ1) is 26.2. The SMILES string of the molecule is c1ccc(-c2cc(-c3cc(-c4ccc5oc6ccccc6c5c4)cc(-c4ccccc4-c4ccccc4)c3)nc(-c3cccc4ccccc34)n2)cc1. The van der Waals surface area contributed by atoms with Crippen LogP contribution in [0, 0.1) is 0 Å². The minimum atomic E-state index is 0.695. The molecular weight excluding hydrogens is 645 g/mol. The molecule has 0 bridgehead atoms. The molecule has 0 fully saturated rings. The molecule has 0 unspecified atom stereocenters. The van der Waals surface area contributed by atoms with Gasteiger partial charge in [-0.3, -0.25) is 0 Å². The molecule has 2 aromatic heterocycles. The Balaban J connectivity index is 1.23. The first-order valence-electron chi connectivity index (χ1n) is 17.9. The summed E-state index contributed by atoms with van der Waals surface area (Å²) in [7, 11) is 0. The number of fused-ring (bicyclic) bond motifs is 4. The van der Waals surface area contributed by atoms with Gasteiger partial charge in [0.25, 0.3) is 0 Å². The lowest BCUT2D eigenvalue weighted by Gasteiger charge is -2.16.